The molecule has 0 fully saturated rings. The van der Waals surface area contributed by atoms with E-state index < -0.39 is 0 Å². The molecule has 0 saturated carbocycles. The predicted molar refractivity (Wildman–Crippen MR) is 83.7 cm³/mol. The number of imidazole rings is 1. The maximum absolute atomic E-state index is 12.9. The summed E-state index contributed by atoms with van der Waals surface area (Å²) < 4.78 is 0. The van der Waals surface area contributed by atoms with Gasteiger partial charge in [-0.05, 0) is 11.5 Å². The normalized spacial score (nSPS) is 13.7. The van der Waals surface area contributed by atoms with E-state index in [0.29, 0.717) is 12.5 Å². The van der Waals surface area contributed by atoms with E-state index in [-0.39, 0.29) is 11.8 Å². The molecule has 0 aliphatic rings. The molecule has 1 amide bonds. The average molecular weight is 285 g/mol. The van der Waals surface area contributed by atoms with Gasteiger partial charge >= 0.3 is 0 Å². The second kappa shape index (κ2) is 7.07. The standard InChI is InChI=1S/C17H23N3O/c1-4-13(2)16(14-8-6-5-7-9-14)17(21)20(3)12-15-18-10-11-19-15/h5-11,13,16H,4,12H2,1-3H3,(H,18,19). The van der Waals surface area contributed by atoms with Gasteiger partial charge in [0.15, 0.2) is 0 Å². The molecule has 0 aliphatic carbocycles. The Morgan fingerprint density at radius 2 is 2.05 bits per heavy atom. The van der Waals surface area contributed by atoms with E-state index in [4.69, 9.17) is 0 Å². The topological polar surface area (TPSA) is 49.0 Å². The van der Waals surface area contributed by atoms with Gasteiger partial charge < -0.3 is 9.88 Å². The third-order valence-electron chi connectivity index (χ3n) is 3.96. The Balaban J connectivity index is 2.18. The minimum Gasteiger partial charge on any atom is -0.347 e. The highest BCUT2D eigenvalue weighted by Crippen LogP contribution is 2.29. The van der Waals surface area contributed by atoms with Crippen LogP contribution in [0.15, 0.2) is 42.7 Å². The van der Waals surface area contributed by atoms with Gasteiger partial charge in [0.05, 0.1) is 12.5 Å². The van der Waals surface area contributed by atoms with Crippen molar-refractivity contribution < 1.29 is 4.79 Å². The number of likely N-dealkylation sites (N-methyl/N-ethyl adjacent to an activating group) is 1. The summed E-state index contributed by atoms with van der Waals surface area (Å²) in [7, 11) is 1.84. The number of H-pyrrole nitrogens is 1. The predicted octanol–water partition coefficient (Wildman–Crippen LogP) is 3.20. The minimum atomic E-state index is -0.101. The summed E-state index contributed by atoms with van der Waals surface area (Å²) in [6.07, 6.45) is 4.45. The van der Waals surface area contributed by atoms with Gasteiger partial charge in [-0.15, -0.1) is 0 Å². The van der Waals surface area contributed by atoms with E-state index in [1.807, 2.05) is 37.4 Å². The highest BCUT2D eigenvalue weighted by Gasteiger charge is 2.28. The highest BCUT2D eigenvalue weighted by molar-refractivity contribution is 5.83. The zero-order valence-corrected chi connectivity index (χ0v) is 12.9. The van der Waals surface area contributed by atoms with Crippen LogP contribution in [0.2, 0.25) is 0 Å². The SMILES string of the molecule is CCC(C)C(C(=O)N(C)Cc1ncc[nH]1)c1ccccc1. The maximum atomic E-state index is 12.9. The van der Waals surface area contributed by atoms with Crippen LogP contribution < -0.4 is 0 Å². The lowest BCUT2D eigenvalue weighted by Crippen LogP contribution is -2.34. The lowest BCUT2D eigenvalue weighted by molar-refractivity contribution is -0.133. The highest BCUT2D eigenvalue weighted by atomic mass is 16.2. The molecule has 0 bridgehead atoms. The van der Waals surface area contributed by atoms with Crippen molar-refractivity contribution in [1.82, 2.24) is 14.9 Å². The van der Waals surface area contributed by atoms with E-state index in [2.05, 4.69) is 23.8 Å². The Kier molecular flexibility index (Phi) is 5.14. The third kappa shape index (κ3) is 3.72. The minimum absolute atomic E-state index is 0.101. The van der Waals surface area contributed by atoms with E-state index >= 15 is 0 Å². The number of hydrogen-bond acceptors (Lipinski definition) is 2. The largest absolute Gasteiger partial charge is 0.347 e. The first-order chi connectivity index (χ1) is 10.1. The Bertz CT molecular complexity index is 551. The Morgan fingerprint density at radius 1 is 1.33 bits per heavy atom. The van der Waals surface area contributed by atoms with Crippen molar-refractivity contribution in [1.29, 1.82) is 0 Å². The van der Waals surface area contributed by atoms with Crippen LogP contribution in [0.1, 0.15) is 37.6 Å². The first-order valence-electron chi connectivity index (χ1n) is 7.41. The van der Waals surface area contributed by atoms with Gasteiger partial charge in [-0.25, -0.2) is 4.98 Å². The molecule has 1 aromatic carbocycles. The third-order valence-corrected chi connectivity index (χ3v) is 3.96. The van der Waals surface area contributed by atoms with Crippen LogP contribution in [0.3, 0.4) is 0 Å². The molecule has 21 heavy (non-hydrogen) atoms. The zero-order valence-electron chi connectivity index (χ0n) is 12.9. The average Bonchev–Trinajstić information content (AvgIpc) is 3.01. The van der Waals surface area contributed by atoms with Gasteiger partial charge in [0.25, 0.3) is 0 Å². The van der Waals surface area contributed by atoms with Crippen molar-refractivity contribution in [3.8, 4) is 0 Å². The van der Waals surface area contributed by atoms with E-state index in [1.54, 1.807) is 17.3 Å². The number of hydrogen-bond donors (Lipinski definition) is 1. The molecule has 0 spiro atoms. The maximum Gasteiger partial charge on any atom is 0.230 e. The Hall–Kier alpha value is -2.10. The molecule has 0 saturated heterocycles. The molecule has 2 aromatic rings. The van der Waals surface area contributed by atoms with Crippen molar-refractivity contribution in [3.63, 3.8) is 0 Å². The monoisotopic (exact) mass is 285 g/mol. The molecule has 1 N–H and O–H groups in total. The van der Waals surface area contributed by atoms with E-state index in [0.717, 1.165) is 17.8 Å². The summed E-state index contributed by atoms with van der Waals surface area (Å²) >= 11 is 0. The van der Waals surface area contributed by atoms with Crippen LogP contribution in [0.4, 0.5) is 0 Å². The first-order valence-corrected chi connectivity index (χ1v) is 7.41. The zero-order chi connectivity index (χ0) is 15.2. The fraction of sp³-hybridized carbons (Fsp3) is 0.412. The molecule has 4 nitrogen and oxygen atoms in total. The smallest absolute Gasteiger partial charge is 0.230 e. The van der Waals surface area contributed by atoms with E-state index in [9.17, 15) is 4.79 Å². The number of amides is 1. The quantitative estimate of drug-likeness (QED) is 0.886. The number of rotatable bonds is 6. The van der Waals surface area contributed by atoms with Gasteiger partial charge in [-0.1, -0.05) is 50.6 Å². The second-order valence-electron chi connectivity index (χ2n) is 5.50. The number of carbonyl (C=O) groups excluding carboxylic acids is 1. The van der Waals surface area contributed by atoms with Crippen LogP contribution in [0.25, 0.3) is 0 Å². The molecule has 0 radical (unpaired) electrons. The summed E-state index contributed by atoms with van der Waals surface area (Å²) in [6.45, 7) is 4.77. The summed E-state index contributed by atoms with van der Waals surface area (Å²) in [6, 6.07) is 10.0. The summed E-state index contributed by atoms with van der Waals surface area (Å²) in [5, 5.41) is 0. The number of benzene rings is 1. The molecular weight excluding hydrogens is 262 g/mol. The first kappa shape index (κ1) is 15.3. The molecule has 0 aliphatic heterocycles. The van der Waals surface area contributed by atoms with Crippen LogP contribution in [-0.4, -0.2) is 27.8 Å². The second-order valence-corrected chi connectivity index (χ2v) is 5.50. The van der Waals surface area contributed by atoms with E-state index in [1.165, 1.54) is 0 Å². The Labute approximate surface area is 126 Å². The van der Waals surface area contributed by atoms with Gasteiger partial charge in [0.2, 0.25) is 5.91 Å². The van der Waals surface area contributed by atoms with Crippen LogP contribution in [-0.2, 0) is 11.3 Å². The number of nitrogens with zero attached hydrogens (tertiary/aromatic N) is 2. The van der Waals surface area contributed by atoms with Crippen molar-refractivity contribution >= 4 is 5.91 Å². The number of carbonyl (C=O) groups is 1. The summed E-state index contributed by atoms with van der Waals surface area (Å²) in [5.41, 5.74) is 1.09. The van der Waals surface area contributed by atoms with Crippen LogP contribution >= 0.6 is 0 Å². The van der Waals surface area contributed by atoms with Crippen molar-refractivity contribution in [2.75, 3.05) is 7.05 Å². The Morgan fingerprint density at radius 3 is 2.62 bits per heavy atom. The molecular formula is C17H23N3O. The van der Waals surface area contributed by atoms with Gasteiger partial charge in [-0.3, -0.25) is 4.79 Å². The lowest BCUT2D eigenvalue weighted by Gasteiger charge is -2.27. The van der Waals surface area contributed by atoms with Gasteiger partial charge in [0, 0.05) is 19.4 Å². The summed E-state index contributed by atoms with van der Waals surface area (Å²) in [5.74, 6) is 1.16. The van der Waals surface area contributed by atoms with Crippen molar-refractivity contribution in [2.24, 2.45) is 5.92 Å². The molecule has 2 unspecified atom stereocenters. The molecule has 2 rings (SSSR count). The molecule has 1 aromatic heterocycles. The van der Waals surface area contributed by atoms with Gasteiger partial charge in [-0.2, -0.15) is 0 Å². The van der Waals surface area contributed by atoms with Crippen molar-refractivity contribution in [3.05, 3.63) is 54.1 Å². The van der Waals surface area contributed by atoms with Crippen LogP contribution in [0.5, 0.6) is 0 Å². The fourth-order valence-corrected chi connectivity index (χ4v) is 2.54. The lowest BCUT2D eigenvalue weighted by atomic mass is 9.84. The molecule has 1 heterocycles. The molecule has 2 atom stereocenters. The van der Waals surface area contributed by atoms with Crippen LogP contribution in [0, 0.1) is 5.92 Å². The number of nitrogens with one attached hydrogen (secondary N) is 1. The fourth-order valence-electron chi connectivity index (χ4n) is 2.54. The number of aromatic amines is 1. The van der Waals surface area contributed by atoms with Crippen molar-refractivity contribution in [2.45, 2.75) is 32.7 Å². The van der Waals surface area contributed by atoms with Gasteiger partial charge in [0.1, 0.15) is 5.82 Å². The molecule has 112 valence electrons. The molecule has 4 heteroatoms. The summed E-state index contributed by atoms with van der Waals surface area (Å²) in [4.78, 5) is 21.8. The number of aromatic nitrogens is 2.